The second-order valence-electron chi connectivity index (χ2n) is 8.56. The minimum atomic E-state index is 0.135. The van der Waals surface area contributed by atoms with Crippen molar-refractivity contribution in [1.29, 1.82) is 0 Å². The number of piperazine rings is 1. The topological polar surface area (TPSA) is 62.1 Å². The number of rotatable bonds is 6. The molecule has 1 aliphatic heterocycles. The summed E-state index contributed by atoms with van der Waals surface area (Å²) in [6.45, 7) is 7.53. The van der Waals surface area contributed by atoms with Gasteiger partial charge in [0.2, 0.25) is 0 Å². The minimum Gasteiger partial charge on any atom is -0.362 e. The van der Waals surface area contributed by atoms with Crippen molar-refractivity contribution in [2.24, 2.45) is 0 Å². The summed E-state index contributed by atoms with van der Waals surface area (Å²) in [5, 5.41) is 3.46. The average Bonchev–Trinajstić information content (AvgIpc) is 3.25. The summed E-state index contributed by atoms with van der Waals surface area (Å²) in [7, 11) is 2.19. The van der Waals surface area contributed by atoms with E-state index in [1.165, 1.54) is 11.1 Å². The molecular formula is C25H29N7. The molecule has 2 aromatic carbocycles. The quantitative estimate of drug-likeness (QED) is 0.506. The zero-order valence-corrected chi connectivity index (χ0v) is 18.6. The third kappa shape index (κ3) is 4.49. The molecule has 1 N–H and O–H groups in total. The molecule has 5 rings (SSSR count). The Kier molecular flexibility index (Phi) is 5.83. The van der Waals surface area contributed by atoms with E-state index in [-0.39, 0.29) is 6.04 Å². The second-order valence-corrected chi connectivity index (χ2v) is 8.56. The first kappa shape index (κ1) is 20.6. The monoisotopic (exact) mass is 427 g/mol. The Balaban J connectivity index is 1.38. The first-order chi connectivity index (χ1) is 15.7. The number of hydrogen-bond donors (Lipinski definition) is 1. The predicted molar refractivity (Wildman–Crippen MR) is 128 cm³/mol. The van der Waals surface area contributed by atoms with Crippen LogP contribution in [0.2, 0.25) is 0 Å². The van der Waals surface area contributed by atoms with Crippen LogP contribution in [0.4, 0.5) is 5.82 Å². The maximum absolute atomic E-state index is 4.82. The molecule has 7 heteroatoms. The normalized spacial score (nSPS) is 16.3. The van der Waals surface area contributed by atoms with Gasteiger partial charge in [-0.2, -0.15) is 0 Å². The number of fused-ring (bicyclic) bond motifs is 1. The van der Waals surface area contributed by atoms with Gasteiger partial charge in [-0.25, -0.2) is 9.97 Å². The molecule has 1 saturated heterocycles. The van der Waals surface area contributed by atoms with Crippen LogP contribution >= 0.6 is 0 Å². The van der Waals surface area contributed by atoms with E-state index < -0.39 is 0 Å². The molecule has 0 saturated carbocycles. The average molecular weight is 428 g/mol. The van der Waals surface area contributed by atoms with Gasteiger partial charge in [-0.3, -0.25) is 14.5 Å². The van der Waals surface area contributed by atoms with Crippen LogP contribution in [0, 0.1) is 0 Å². The highest BCUT2D eigenvalue weighted by atomic mass is 15.2. The largest absolute Gasteiger partial charge is 0.362 e. The first-order valence-corrected chi connectivity index (χ1v) is 11.2. The summed E-state index contributed by atoms with van der Waals surface area (Å²) in [6, 6.07) is 17.0. The number of nitrogens with one attached hydrogen (secondary N) is 1. The Bertz CT molecular complexity index is 1180. The molecule has 0 amide bonds. The van der Waals surface area contributed by atoms with Gasteiger partial charge in [0.05, 0.1) is 23.4 Å². The SMILES string of the molecule is C[C@H](Nc1cncc(-n2cnc3ccc(CN4CCN(C)CC4)cc32)n1)c1ccccc1. The third-order valence-corrected chi connectivity index (χ3v) is 6.15. The highest BCUT2D eigenvalue weighted by Crippen LogP contribution is 2.22. The molecule has 4 aromatic rings. The Morgan fingerprint density at radius 3 is 2.62 bits per heavy atom. The zero-order chi connectivity index (χ0) is 21.9. The van der Waals surface area contributed by atoms with Gasteiger partial charge >= 0.3 is 0 Å². The van der Waals surface area contributed by atoms with E-state index in [2.05, 4.69) is 69.4 Å². The molecule has 164 valence electrons. The first-order valence-electron chi connectivity index (χ1n) is 11.2. The van der Waals surface area contributed by atoms with E-state index >= 15 is 0 Å². The predicted octanol–water partition coefficient (Wildman–Crippen LogP) is 3.74. The van der Waals surface area contributed by atoms with Crippen molar-refractivity contribution >= 4 is 16.9 Å². The fourth-order valence-electron chi connectivity index (χ4n) is 4.19. The fourth-order valence-corrected chi connectivity index (χ4v) is 4.19. The van der Waals surface area contributed by atoms with Crippen LogP contribution in [0.1, 0.15) is 24.1 Å². The van der Waals surface area contributed by atoms with Gasteiger partial charge in [-0.05, 0) is 37.2 Å². The maximum Gasteiger partial charge on any atom is 0.159 e. The Morgan fingerprint density at radius 1 is 1.00 bits per heavy atom. The Labute approximate surface area is 188 Å². The van der Waals surface area contributed by atoms with Crippen LogP contribution in [0.25, 0.3) is 16.9 Å². The molecule has 32 heavy (non-hydrogen) atoms. The van der Waals surface area contributed by atoms with Crippen molar-refractivity contribution < 1.29 is 0 Å². The molecule has 3 heterocycles. The molecule has 0 radical (unpaired) electrons. The summed E-state index contributed by atoms with van der Waals surface area (Å²) < 4.78 is 2.02. The summed E-state index contributed by atoms with van der Waals surface area (Å²) in [5.74, 6) is 1.50. The molecule has 0 spiro atoms. The number of anilines is 1. The summed E-state index contributed by atoms with van der Waals surface area (Å²) >= 11 is 0. The van der Waals surface area contributed by atoms with E-state index in [0.717, 1.165) is 55.4 Å². The van der Waals surface area contributed by atoms with Crippen molar-refractivity contribution in [1.82, 2.24) is 29.3 Å². The van der Waals surface area contributed by atoms with Gasteiger partial charge in [-0.15, -0.1) is 0 Å². The zero-order valence-electron chi connectivity index (χ0n) is 18.6. The number of likely N-dealkylation sites (N-methyl/N-ethyl adjacent to an activating group) is 1. The fraction of sp³-hybridized carbons (Fsp3) is 0.320. The molecule has 1 fully saturated rings. The van der Waals surface area contributed by atoms with E-state index in [9.17, 15) is 0 Å². The van der Waals surface area contributed by atoms with E-state index in [1.54, 1.807) is 12.4 Å². The summed E-state index contributed by atoms with van der Waals surface area (Å²) in [6.07, 6.45) is 5.38. The molecular weight excluding hydrogens is 398 g/mol. The van der Waals surface area contributed by atoms with Crippen molar-refractivity contribution in [3.05, 3.63) is 78.4 Å². The van der Waals surface area contributed by atoms with Crippen LogP contribution in [0.5, 0.6) is 0 Å². The molecule has 1 atom stereocenters. The van der Waals surface area contributed by atoms with E-state index in [1.807, 2.05) is 29.1 Å². The lowest BCUT2D eigenvalue weighted by molar-refractivity contribution is 0.148. The van der Waals surface area contributed by atoms with Gasteiger partial charge in [0.1, 0.15) is 12.1 Å². The lowest BCUT2D eigenvalue weighted by atomic mass is 10.1. The van der Waals surface area contributed by atoms with Crippen molar-refractivity contribution in [3.8, 4) is 5.82 Å². The maximum atomic E-state index is 4.82. The highest BCUT2D eigenvalue weighted by molar-refractivity contribution is 5.77. The molecule has 7 nitrogen and oxygen atoms in total. The van der Waals surface area contributed by atoms with E-state index in [4.69, 9.17) is 4.98 Å². The summed E-state index contributed by atoms with van der Waals surface area (Å²) in [5.41, 5.74) is 4.52. The van der Waals surface area contributed by atoms with Crippen molar-refractivity contribution in [2.45, 2.75) is 19.5 Å². The van der Waals surface area contributed by atoms with Crippen LogP contribution in [0.3, 0.4) is 0 Å². The summed E-state index contributed by atoms with van der Waals surface area (Å²) in [4.78, 5) is 18.7. The Morgan fingerprint density at radius 2 is 1.81 bits per heavy atom. The molecule has 1 aliphatic rings. The standard InChI is InChI=1S/C25H29N7/c1-19(21-6-4-3-5-7-21)28-24-15-26-16-25(29-24)32-18-27-22-9-8-20(14-23(22)32)17-31-12-10-30(2)11-13-31/h3-9,14-16,18-19H,10-13,17H2,1-2H3,(H,28,29)/t19-/m0/s1. The number of hydrogen-bond acceptors (Lipinski definition) is 6. The van der Waals surface area contributed by atoms with Gasteiger partial charge in [-0.1, -0.05) is 36.4 Å². The van der Waals surface area contributed by atoms with E-state index in [0.29, 0.717) is 0 Å². The van der Waals surface area contributed by atoms with Crippen LogP contribution in [0.15, 0.2) is 67.3 Å². The highest BCUT2D eigenvalue weighted by Gasteiger charge is 2.15. The van der Waals surface area contributed by atoms with Crippen molar-refractivity contribution in [2.75, 3.05) is 38.5 Å². The second kappa shape index (κ2) is 9.06. The number of nitrogens with zero attached hydrogens (tertiary/aromatic N) is 6. The molecule has 0 bridgehead atoms. The number of benzene rings is 2. The minimum absolute atomic E-state index is 0.135. The smallest absolute Gasteiger partial charge is 0.159 e. The lowest BCUT2D eigenvalue weighted by Crippen LogP contribution is -2.43. The van der Waals surface area contributed by atoms with Crippen LogP contribution < -0.4 is 5.32 Å². The molecule has 0 aliphatic carbocycles. The van der Waals surface area contributed by atoms with Crippen LogP contribution in [-0.4, -0.2) is 62.5 Å². The van der Waals surface area contributed by atoms with Crippen molar-refractivity contribution in [3.63, 3.8) is 0 Å². The van der Waals surface area contributed by atoms with Gasteiger partial charge < -0.3 is 10.2 Å². The molecule has 2 aromatic heterocycles. The van der Waals surface area contributed by atoms with Gasteiger partial charge in [0.15, 0.2) is 5.82 Å². The van der Waals surface area contributed by atoms with Gasteiger partial charge in [0.25, 0.3) is 0 Å². The Hall–Kier alpha value is -3.29. The number of imidazole rings is 1. The third-order valence-electron chi connectivity index (χ3n) is 6.15. The lowest BCUT2D eigenvalue weighted by Gasteiger charge is -2.32. The number of aromatic nitrogens is 4. The van der Waals surface area contributed by atoms with Crippen LogP contribution in [-0.2, 0) is 6.54 Å². The van der Waals surface area contributed by atoms with Gasteiger partial charge in [0, 0.05) is 38.8 Å². The molecule has 0 unspecified atom stereocenters.